The van der Waals surface area contributed by atoms with E-state index in [1.54, 1.807) is 6.08 Å². The molecule has 0 saturated carbocycles. The van der Waals surface area contributed by atoms with Crippen LogP contribution in [0, 0.1) is 0 Å². The Hall–Kier alpha value is -2.05. The molecule has 0 atom stereocenters. The fourth-order valence-electron chi connectivity index (χ4n) is 1.95. The fraction of sp³-hybridized carbons (Fsp3) is 0.100. The van der Waals surface area contributed by atoms with E-state index in [-0.39, 0.29) is 0 Å². The van der Waals surface area contributed by atoms with Gasteiger partial charge in [-0.25, -0.2) is 0 Å². The summed E-state index contributed by atoms with van der Waals surface area (Å²) < 4.78 is 0. The molecule has 0 N–H and O–H groups in total. The minimum Gasteiger partial charge on any atom is -0.0990 e. The average Bonchev–Trinajstić information content (AvgIpc) is 2.55. The van der Waals surface area contributed by atoms with E-state index in [9.17, 15) is 0 Å². The Morgan fingerprint density at radius 3 is 2.10 bits per heavy atom. The van der Waals surface area contributed by atoms with Crippen molar-refractivity contribution in [3.8, 4) is 11.1 Å². The third kappa shape index (κ3) is 4.47. The number of hydrogen-bond acceptors (Lipinski definition) is 0. The summed E-state index contributed by atoms with van der Waals surface area (Å²) in [6, 6.07) is 16.1. The lowest BCUT2D eigenvalue weighted by Crippen LogP contribution is -1.83. The summed E-state index contributed by atoms with van der Waals surface area (Å²) in [5.41, 5.74) is 4.33. The zero-order valence-electron chi connectivity index (χ0n) is 12.6. The monoisotopic (exact) mass is 296 g/mol. The van der Waals surface area contributed by atoms with Crippen molar-refractivity contribution in [3.63, 3.8) is 0 Å². The third-order valence-corrected chi connectivity index (χ3v) is 3.25. The summed E-state index contributed by atoms with van der Waals surface area (Å²) in [6.45, 7) is 11.5. The van der Waals surface area contributed by atoms with Crippen LogP contribution >= 0.6 is 11.6 Å². The fourth-order valence-corrected chi connectivity index (χ4v) is 2.19. The molecule has 0 aliphatic carbocycles. The first kappa shape index (κ1) is 17.0. The lowest BCUT2D eigenvalue weighted by atomic mass is 10.00. The van der Waals surface area contributed by atoms with Gasteiger partial charge < -0.3 is 0 Å². The molecule has 0 aromatic heterocycles. The molecule has 108 valence electrons. The molecular weight excluding hydrogens is 276 g/mol. The Morgan fingerprint density at radius 1 is 0.952 bits per heavy atom. The van der Waals surface area contributed by atoms with Crippen LogP contribution in [0.25, 0.3) is 16.7 Å². The molecule has 0 unspecified atom stereocenters. The van der Waals surface area contributed by atoms with Gasteiger partial charge in [0.15, 0.2) is 0 Å². The zero-order valence-corrected chi connectivity index (χ0v) is 13.4. The number of rotatable bonds is 4. The first-order valence-corrected chi connectivity index (χ1v) is 7.44. The molecule has 0 fully saturated rings. The second-order valence-electron chi connectivity index (χ2n) is 4.12. The van der Waals surface area contributed by atoms with E-state index >= 15 is 0 Å². The number of benzene rings is 2. The molecule has 0 nitrogen and oxygen atoms in total. The summed E-state index contributed by atoms with van der Waals surface area (Å²) in [5, 5.41) is 0.765. The van der Waals surface area contributed by atoms with Crippen molar-refractivity contribution in [2.45, 2.75) is 13.8 Å². The molecule has 0 spiro atoms. The molecule has 21 heavy (non-hydrogen) atoms. The molecule has 2 aromatic rings. The number of halogens is 1. The normalized spacial score (nSPS) is 10.3. The predicted molar refractivity (Wildman–Crippen MR) is 96.6 cm³/mol. The maximum atomic E-state index is 6.20. The van der Waals surface area contributed by atoms with Gasteiger partial charge in [0.05, 0.1) is 0 Å². The molecule has 0 amide bonds. The average molecular weight is 297 g/mol. The molecule has 0 heterocycles. The molecule has 0 aliphatic heterocycles. The highest BCUT2D eigenvalue weighted by Crippen LogP contribution is 2.28. The maximum Gasteiger partial charge on any atom is 0.0484 e. The summed E-state index contributed by atoms with van der Waals surface area (Å²) in [5.74, 6) is 0. The second kappa shape index (κ2) is 8.99. The van der Waals surface area contributed by atoms with Gasteiger partial charge in [-0.1, -0.05) is 99.3 Å². The summed E-state index contributed by atoms with van der Waals surface area (Å²) in [4.78, 5) is 0. The SMILES string of the molecule is C=C/C=C(\C=C)c1ccc(-c2ccccc2Cl)cc1.CC. The first-order chi connectivity index (χ1) is 10.3. The van der Waals surface area contributed by atoms with Crippen molar-refractivity contribution in [1.82, 2.24) is 0 Å². The quantitative estimate of drug-likeness (QED) is 0.545. The van der Waals surface area contributed by atoms with Crippen LogP contribution in [-0.4, -0.2) is 0 Å². The van der Waals surface area contributed by atoms with Crippen molar-refractivity contribution in [3.05, 3.63) is 90.5 Å². The zero-order chi connectivity index (χ0) is 15.7. The topological polar surface area (TPSA) is 0 Å². The van der Waals surface area contributed by atoms with Gasteiger partial charge in [-0.05, 0) is 22.8 Å². The highest BCUT2D eigenvalue weighted by Gasteiger charge is 2.03. The smallest absolute Gasteiger partial charge is 0.0484 e. The van der Waals surface area contributed by atoms with E-state index in [4.69, 9.17) is 11.6 Å². The Balaban J connectivity index is 0.00000106. The molecule has 0 saturated heterocycles. The van der Waals surface area contributed by atoms with Gasteiger partial charge in [-0.15, -0.1) is 0 Å². The molecule has 1 heteroatoms. The Kier molecular flexibility index (Phi) is 7.28. The molecular formula is C20H21Cl. The minimum absolute atomic E-state index is 0.765. The van der Waals surface area contributed by atoms with Gasteiger partial charge in [0.2, 0.25) is 0 Å². The highest BCUT2D eigenvalue weighted by atomic mass is 35.5. The summed E-state index contributed by atoms with van der Waals surface area (Å²) in [7, 11) is 0. The maximum absolute atomic E-state index is 6.20. The summed E-state index contributed by atoms with van der Waals surface area (Å²) >= 11 is 6.20. The van der Waals surface area contributed by atoms with Crippen LogP contribution in [0.3, 0.4) is 0 Å². The van der Waals surface area contributed by atoms with Crippen molar-refractivity contribution in [2.75, 3.05) is 0 Å². The van der Waals surface area contributed by atoms with Crippen LogP contribution in [0.5, 0.6) is 0 Å². The van der Waals surface area contributed by atoms with E-state index in [0.717, 1.165) is 27.3 Å². The number of hydrogen-bond donors (Lipinski definition) is 0. The van der Waals surface area contributed by atoms with Gasteiger partial charge in [0, 0.05) is 10.6 Å². The summed E-state index contributed by atoms with van der Waals surface area (Å²) in [6.07, 6.45) is 5.53. The van der Waals surface area contributed by atoms with E-state index in [1.807, 2.05) is 50.3 Å². The molecule has 2 rings (SSSR count). The Bertz CT molecular complexity index is 619. The van der Waals surface area contributed by atoms with E-state index in [1.165, 1.54) is 0 Å². The minimum atomic E-state index is 0.765. The van der Waals surface area contributed by atoms with Crippen molar-refractivity contribution >= 4 is 17.2 Å². The van der Waals surface area contributed by atoms with Crippen LogP contribution in [-0.2, 0) is 0 Å². The molecule has 0 aliphatic rings. The lowest BCUT2D eigenvalue weighted by Gasteiger charge is -2.06. The predicted octanol–water partition coefficient (Wildman–Crippen LogP) is 6.79. The lowest BCUT2D eigenvalue weighted by molar-refractivity contribution is 1.50. The standard InChI is InChI=1S/C18H15Cl.C2H6/c1-3-7-14(4-2)15-10-12-16(13-11-15)17-8-5-6-9-18(17)19;1-2/h3-13H,1-2H2;1-2H3/b14-7+;. The Morgan fingerprint density at radius 2 is 1.57 bits per heavy atom. The number of allylic oxidation sites excluding steroid dienone is 4. The largest absolute Gasteiger partial charge is 0.0990 e. The van der Waals surface area contributed by atoms with Crippen LogP contribution in [0.15, 0.2) is 79.9 Å². The van der Waals surface area contributed by atoms with Crippen LogP contribution < -0.4 is 0 Å². The van der Waals surface area contributed by atoms with Gasteiger partial charge in [0.1, 0.15) is 0 Å². The van der Waals surface area contributed by atoms with Gasteiger partial charge in [0.25, 0.3) is 0 Å². The first-order valence-electron chi connectivity index (χ1n) is 7.06. The second-order valence-corrected chi connectivity index (χ2v) is 4.53. The van der Waals surface area contributed by atoms with Crippen molar-refractivity contribution in [2.24, 2.45) is 0 Å². The Labute approximate surface area is 133 Å². The van der Waals surface area contributed by atoms with Crippen molar-refractivity contribution in [1.29, 1.82) is 0 Å². The van der Waals surface area contributed by atoms with E-state index in [0.29, 0.717) is 0 Å². The third-order valence-electron chi connectivity index (χ3n) is 2.92. The van der Waals surface area contributed by atoms with Gasteiger partial charge in [-0.2, -0.15) is 0 Å². The van der Waals surface area contributed by atoms with Crippen LogP contribution in [0.1, 0.15) is 19.4 Å². The molecule has 0 radical (unpaired) electrons. The molecule has 2 aromatic carbocycles. The van der Waals surface area contributed by atoms with E-state index < -0.39 is 0 Å². The highest BCUT2D eigenvalue weighted by molar-refractivity contribution is 6.33. The van der Waals surface area contributed by atoms with Gasteiger partial charge in [-0.3, -0.25) is 0 Å². The van der Waals surface area contributed by atoms with Crippen LogP contribution in [0.2, 0.25) is 5.02 Å². The van der Waals surface area contributed by atoms with E-state index in [2.05, 4.69) is 37.4 Å². The molecule has 0 bridgehead atoms. The van der Waals surface area contributed by atoms with Gasteiger partial charge >= 0.3 is 0 Å². The van der Waals surface area contributed by atoms with Crippen molar-refractivity contribution < 1.29 is 0 Å². The van der Waals surface area contributed by atoms with Crippen LogP contribution in [0.4, 0.5) is 0 Å².